The Kier molecular flexibility index (Phi) is 3.17. The van der Waals surface area contributed by atoms with Gasteiger partial charge in [-0.1, -0.05) is 43.7 Å². The second kappa shape index (κ2) is 4.77. The fourth-order valence-corrected chi connectivity index (χ4v) is 2.88. The fourth-order valence-electron chi connectivity index (χ4n) is 2.24. The average Bonchev–Trinajstić information content (AvgIpc) is 2.83. The minimum absolute atomic E-state index is 0.0238. The molecule has 0 aliphatic rings. The molecule has 2 heterocycles. The Balaban J connectivity index is 2.36. The molecule has 2 aromatic heterocycles. The molecule has 0 saturated heterocycles. The minimum Gasteiger partial charge on any atom is -0.374 e. The first-order chi connectivity index (χ1) is 9.84. The van der Waals surface area contributed by atoms with Gasteiger partial charge in [-0.25, -0.2) is 0 Å². The Bertz CT molecular complexity index is 815. The van der Waals surface area contributed by atoms with Crippen molar-refractivity contribution in [2.75, 3.05) is 5.73 Å². The summed E-state index contributed by atoms with van der Waals surface area (Å²) >= 11 is 1.41. The molecule has 3 rings (SSSR count). The van der Waals surface area contributed by atoms with E-state index in [1.54, 1.807) is 0 Å². The van der Waals surface area contributed by atoms with E-state index in [1.165, 1.54) is 16.9 Å². The quantitative estimate of drug-likeness (QED) is 0.739. The van der Waals surface area contributed by atoms with Crippen molar-refractivity contribution in [3.63, 3.8) is 0 Å². The van der Waals surface area contributed by atoms with Crippen LogP contribution in [0.3, 0.4) is 0 Å². The SMILES string of the molecule is Cc1ccc2nc(C(C)(C)C)cc(-c3nnc(N)s3)c2c1. The van der Waals surface area contributed by atoms with Crippen molar-refractivity contribution in [2.45, 2.75) is 33.1 Å². The van der Waals surface area contributed by atoms with Crippen LogP contribution in [-0.4, -0.2) is 15.2 Å². The summed E-state index contributed by atoms with van der Waals surface area (Å²) in [6, 6.07) is 8.40. The van der Waals surface area contributed by atoms with Gasteiger partial charge in [-0.15, -0.1) is 10.2 Å². The van der Waals surface area contributed by atoms with Crippen LogP contribution < -0.4 is 5.73 Å². The molecule has 0 aliphatic heterocycles. The van der Waals surface area contributed by atoms with Crippen molar-refractivity contribution in [2.24, 2.45) is 0 Å². The van der Waals surface area contributed by atoms with E-state index >= 15 is 0 Å². The van der Waals surface area contributed by atoms with E-state index in [1.807, 2.05) is 0 Å². The van der Waals surface area contributed by atoms with Crippen LogP contribution in [0.25, 0.3) is 21.5 Å². The summed E-state index contributed by atoms with van der Waals surface area (Å²) < 4.78 is 0. The van der Waals surface area contributed by atoms with Gasteiger partial charge in [0.15, 0.2) is 0 Å². The third-order valence-electron chi connectivity index (χ3n) is 3.40. The zero-order valence-corrected chi connectivity index (χ0v) is 13.5. The van der Waals surface area contributed by atoms with Crippen LogP contribution in [0.15, 0.2) is 24.3 Å². The third kappa shape index (κ3) is 2.61. The van der Waals surface area contributed by atoms with Gasteiger partial charge in [0.25, 0.3) is 0 Å². The van der Waals surface area contributed by atoms with Gasteiger partial charge in [-0.05, 0) is 25.1 Å². The molecule has 0 amide bonds. The smallest absolute Gasteiger partial charge is 0.203 e. The summed E-state index contributed by atoms with van der Waals surface area (Å²) in [5, 5.41) is 10.6. The molecule has 5 heteroatoms. The van der Waals surface area contributed by atoms with Gasteiger partial charge in [0.05, 0.1) is 5.52 Å². The number of nitrogens with zero attached hydrogens (tertiary/aromatic N) is 3. The zero-order valence-electron chi connectivity index (χ0n) is 12.6. The van der Waals surface area contributed by atoms with Crippen molar-refractivity contribution < 1.29 is 0 Å². The predicted molar refractivity (Wildman–Crippen MR) is 88.5 cm³/mol. The van der Waals surface area contributed by atoms with Gasteiger partial charge in [0.1, 0.15) is 5.01 Å². The average molecular weight is 298 g/mol. The van der Waals surface area contributed by atoms with E-state index in [-0.39, 0.29) is 5.41 Å². The Morgan fingerprint density at radius 2 is 1.86 bits per heavy atom. The van der Waals surface area contributed by atoms with Gasteiger partial charge >= 0.3 is 0 Å². The standard InChI is InChI=1S/C16H18N4S/c1-9-5-6-12-10(7-9)11(14-19-20-15(17)21-14)8-13(18-12)16(2,3)4/h5-8H,1-4H3,(H2,17,20). The van der Waals surface area contributed by atoms with Crippen molar-refractivity contribution in [1.82, 2.24) is 15.2 Å². The maximum Gasteiger partial charge on any atom is 0.203 e. The van der Waals surface area contributed by atoms with Crippen molar-refractivity contribution in [1.29, 1.82) is 0 Å². The molecule has 0 bridgehead atoms. The van der Waals surface area contributed by atoms with Crippen LogP contribution in [0.5, 0.6) is 0 Å². The number of rotatable bonds is 1. The van der Waals surface area contributed by atoms with Crippen LogP contribution in [0.1, 0.15) is 32.0 Å². The van der Waals surface area contributed by atoms with E-state index in [4.69, 9.17) is 10.7 Å². The normalized spacial score (nSPS) is 12.0. The number of hydrogen-bond donors (Lipinski definition) is 1. The topological polar surface area (TPSA) is 64.7 Å². The number of pyridine rings is 1. The van der Waals surface area contributed by atoms with Gasteiger partial charge in [0, 0.05) is 22.1 Å². The summed E-state index contributed by atoms with van der Waals surface area (Å²) in [6.45, 7) is 8.56. The van der Waals surface area contributed by atoms with Gasteiger partial charge in [-0.3, -0.25) is 4.98 Å². The predicted octanol–water partition coefficient (Wildman–Crippen LogP) is 3.94. The van der Waals surface area contributed by atoms with Gasteiger partial charge < -0.3 is 5.73 Å². The lowest BCUT2D eigenvalue weighted by Gasteiger charge is -2.19. The Morgan fingerprint density at radius 1 is 1.10 bits per heavy atom. The van der Waals surface area contributed by atoms with Crippen LogP contribution in [0.4, 0.5) is 5.13 Å². The number of nitrogen functional groups attached to an aromatic ring is 1. The summed E-state index contributed by atoms with van der Waals surface area (Å²) in [6.07, 6.45) is 0. The molecule has 0 unspecified atom stereocenters. The molecule has 108 valence electrons. The molecule has 1 aromatic carbocycles. The van der Waals surface area contributed by atoms with E-state index < -0.39 is 0 Å². The molecule has 0 aliphatic carbocycles. The summed E-state index contributed by atoms with van der Waals surface area (Å²) in [7, 11) is 0. The number of aromatic nitrogens is 3. The number of hydrogen-bond acceptors (Lipinski definition) is 5. The first-order valence-corrected chi connectivity index (χ1v) is 7.67. The van der Waals surface area contributed by atoms with Crippen molar-refractivity contribution in [3.05, 3.63) is 35.5 Å². The summed E-state index contributed by atoms with van der Waals surface area (Å²) in [5.41, 5.74) is 10.0. The molecule has 0 spiro atoms. The highest BCUT2D eigenvalue weighted by atomic mass is 32.1. The number of anilines is 1. The number of nitrogens with two attached hydrogens (primary N) is 1. The monoisotopic (exact) mass is 298 g/mol. The highest BCUT2D eigenvalue weighted by molar-refractivity contribution is 7.18. The van der Waals surface area contributed by atoms with Gasteiger partial charge in [0.2, 0.25) is 5.13 Å². The van der Waals surface area contributed by atoms with Crippen LogP contribution in [-0.2, 0) is 5.41 Å². The molecule has 2 N–H and O–H groups in total. The van der Waals surface area contributed by atoms with Crippen LogP contribution in [0, 0.1) is 6.92 Å². The Labute approximate surface area is 128 Å². The Hall–Kier alpha value is -2.01. The van der Waals surface area contributed by atoms with E-state index in [0.29, 0.717) is 5.13 Å². The van der Waals surface area contributed by atoms with Gasteiger partial charge in [-0.2, -0.15) is 0 Å². The van der Waals surface area contributed by atoms with E-state index in [9.17, 15) is 0 Å². The first kappa shape index (κ1) is 13.9. The molecule has 0 atom stereocenters. The Morgan fingerprint density at radius 3 is 2.48 bits per heavy atom. The van der Waals surface area contributed by atoms with E-state index in [0.717, 1.165) is 27.2 Å². The lowest BCUT2D eigenvalue weighted by molar-refractivity contribution is 0.572. The van der Waals surface area contributed by atoms with E-state index in [2.05, 4.69) is 62.2 Å². The number of benzene rings is 1. The number of aryl methyl sites for hydroxylation is 1. The second-order valence-electron chi connectivity index (χ2n) is 6.27. The number of fused-ring (bicyclic) bond motifs is 1. The minimum atomic E-state index is -0.0238. The molecular weight excluding hydrogens is 280 g/mol. The second-order valence-corrected chi connectivity index (χ2v) is 7.28. The highest BCUT2D eigenvalue weighted by Gasteiger charge is 2.19. The molecule has 3 aromatic rings. The maximum absolute atomic E-state index is 5.74. The van der Waals surface area contributed by atoms with Crippen LogP contribution >= 0.6 is 11.3 Å². The summed E-state index contributed by atoms with van der Waals surface area (Å²) in [4.78, 5) is 4.81. The lowest BCUT2D eigenvalue weighted by atomic mass is 9.89. The highest BCUT2D eigenvalue weighted by Crippen LogP contribution is 2.34. The molecule has 21 heavy (non-hydrogen) atoms. The molecule has 0 saturated carbocycles. The van der Waals surface area contributed by atoms with Crippen LogP contribution in [0.2, 0.25) is 0 Å². The third-order valence-corrected chi connectivity index (χ3v) is 4.19. The molecule has 0 radical (unpaired) electrons. The fraction of sp³-hybridized carbons (Fsp3) is 0.312. The first-order valence-electron chi connectivity index (χ1n) is 6.86. The lowest BCUT2D eigenvalue weighted by Crippen LogP contribution is -2.13. The molecular formula is C16H18N4S. The van der Waals surface area contributed by atoms with Crippen molar-refractivity contribution in [3.8, 4) is 10.6 Å². The summed E-state index contributed by atoms with van der Waals surface area (Å²) in [5.74, 6) is 0. The largest absolute Gasteiger partial charge is 0.374 e. The molecule has 0 fully saturated rings. The van der Waals surface area contributed by atoms with Crippen molar-refractivity contribution >= 4 is 27.4 Å². The zero-order chi connectivity index (χ0) is 15.2. The maximum atomic E-state index is 5.74. The molecule has 4 nitrogen and oxygen atoms in total.